The predicted octanol–water partition coefficient (Wildman–Crippen LogP) is 2.12. The van der Waals surface area contributed by atoms with Crippen LogP contribution in [-0.2, 0) is 38.8 Å². The van der Waals surface area contributed by atoms with Gasteiger partial charge >= 0.3 is 0 Å². The molecule has 1 saturated heterocycles. The predicted molar refractivity (Wildman–Crippen MR) is 121 cm³/mol. The molecule has 0 bridgehead atoms. The Bertz CT molecular complexity index is 987. The van der Waals surface area contributed by atoms with Gasteiger partial charge in [-0.25, -0.2) is 4.68 Å². The number of thioether (sulfide) groups is 1. The van der Waals surface area contributed by atoms with Crippen molar-refractivity contribution in [1.82, 2.24) is 15.1 Å². The van der Waals surface area contributed by atoms with Crippen LogP contribution in [0.15, 0.2) is 18.2 Å². The van der Waals surface area contributed by atoms with Crippen LogP contribution < -0.4 is 20.1 Å². The number of carbonyl (C=O) groups excluding carboxylic acids is 2. The van der Waals surface area contributed by atoms with Gasteiger partial charge in [-0.3, -0.25) is 9.59 Å². The zero-order chi connectivity index (χ0) is 22.5. The molecule has 1 aromatic carbocycles. The third kappa shape index (κ3) is 5.18. The van der Waals surface area contributed by atoms with E-state index in [1.165, 1.54) is 0 Å². The van der Waals surface area contributed by atoms with Crippen LogP contribution in [0.25, 0.3) is 0 Å². The van der Waals surface area contributed by atoms with E-state index >= 15 is 0 Å². The van der Waals surface area contributed by atoms with Crippen molar-refractivity contribution in [2.45, 2.75) is 43.4 Å². The zero-order valence-corrected chi connectivity index (χ0v) is 19.1. The number of carbonyl (C=O) groups is 2. The fourth-order valence-electron chi connectivity index (χ4n) is 3.90. The average Bonchev–Trinajstić information content (AvgIpc) is 3.52. The molecule has 1 aromatic heterocycles. The number of rotatable bonds is 9. The van der Waals surface area contributed by atoms with Crippen LogP contribution in [0.5, 0.6) is 11.5 Å². The summed E-state index contributed by atoms with van der Waals surface area (Å²) in [6.07, 6.45) is 2.24. The van der Waals surface area contributed by atoms with Crippen molar-refractivity contribution in [2.75, 3.05) is 32.7 Å². The molecule has 32 heavy (non-hydrogen) atoms. The molecule has 172 valence electrons. The highest BCUT2D eigenvalue weighted by atomic mass is 32.2. The maximum absolute atomic E-state index is 12.8. The lowest BCUT2D eigenvalue weighted by Crippen LogP contribution is -2.34. The van der Waals surface area contributed by atoms with Crippen LogP contribution in [0, 0.1) is 0 Å². The topological polar surface area (TPSA) is 104 Å². The fourth-order valence-corrected chi connectivity index (χ4v) is 4.93. The van der Waals surface area contributed by atoms with E-state index in [-0.39, 0.29) is 30.9 Å². The van der Waals surface area contributed by atoms with Crippen molar-refractivity contribution in [1.29, 1.82) is 0 Å². The Kier molecular flexibility index (Phi) is 7.21. The monoisotopic (exact) mass is 460 g/mol. The SMILES string of the molecule is COc1ccc(CC(=O)Nc2c3c(nn2CC(=O)NCC2CCCO2)CSC3)cc1OC. The van der Waals surface area contributed by atoms with E-state index in [0.29, 0.717) is 23.9 Å². The van der Waals surface area contributed by atoms with Gasteiger partial charge in [0.05, 0.1) is 32.4 Å². The van der Waals surface area contributed by atoms with Gasteiger partial charge in [0.2, 0.25) is 11.8 Å². The van der Waals surface area contributed by atoms with Gasteiger partial charge in [0.1, 0.15) is 12.4 Å². The molecule has 3 heterocycles. The Labute approximate surface area is 191 Å². The number of anilines is 1. The average molecular weight is 461 g/mol. The van der Waals surface area contributed by atoms with Crippen LogP contribution >= 0.6 is 11.8 Å². The van der Waals surface area contributed by atoms with Gasteiger partial charge in [-0.15, -0.1) is 0 Å². The van der Waals surface area contributed by atoms with Crippen molar-refractivity contribution in [3.63, 3.8) is 0 Å². The molecule has 0 spiro atoms. The molecule has 1 fully saturated rings. The third-order valence-corrected chi connectivity index (χ3v) is 6.50. The molecular formula is C22H28N4O5S. The number of fused-ring (bicyclic) bond motifs is 1. The van der Waals surface area contributed by atoms with Crippen LogP contribution in [0.1, 0.15) is 29.7 Å². The maximum Gasteiger partial charge on any atom is 0.241 e. The number of hydrogen-bond acceptors (Lipinski definition) is 7. The summed E-state index contributed by atoms with van der Waals surface area (Å²) in [7, 11) is 3.13. The van der Waals surface area contributed by atoms with Gasteiger partial charge in [0, 0.05) is 30.2 Å². The number of amides is 2. The number of aromatic nitrogens is 2. The van der Waals surface area contributed by atoms with E-state index in [1.54, 1.807) is 42.8 Å². The first-order chi connectivity index (χ1) is 15.6. The molecule has 9 nitrogen and oxygen atoms in total. The minimum Gasteiger partial charge on any atom is -0.493 e. The number of ether oxygens (including phenoxy) is 3. The maximum atomic E-state index is 12.8. The van der Waals surface area contributed by atoms with E-state index < -0.39 is 0 Å². The minimum absolute atomic E-state index is 0.0519. The van der Waals surface area contributed by atoms with E-state index in [4.69, 9.17) is 14.2 Å². The molecule has 2 aliphatic heterocycles. The Morgan fingerprint density at radius 2 is 2.06 bits per heavy atom. The van der Waals surface area contributed by atoms with Gasteiger partial charge in [0.25, 0.3) is 0 Å². The van der Waals surface area contributed by atoms with E-state index in [2.05, 4.69) is 15.7 Å². The smallest absolute Gasteiger partial charge is 0.241 e. The van der Waals surface area contributed by atoms with Crippen molar-refractivity contribution in [2.24, 2.45) is 0 Å². The lowest BCUT2D eigenvalue weighted by molar-refractivity contribution is -0.122. The summed E-state index contributed by atoms with van der Waals surface area (Å²) in [4.78, 5) is 25.3. The largest absolute Gasteiger partial charge is 0.493 e. The molecule has 1 atom stereocenters. The first-order valence-electron chi connectivity index (χ1n) is 10.6. The molecule has 1 unspecified atom stereocenters. The Morgan fingerprint density at radius 1 is 1.22 bits per heavy atom. The number of nitrogens with zero attached hydrogens (tertiary/aromatic N) is 2. The summed E-state index contributed by atoms with van der Waals surface area (Å²) in [6.45, 7) is 1.30. The summed E-state index contributed by atoms with van der Waals surface area (Å²) < 4.78 is 17.7. The second kappa shape index (κ2) is 10.3. The second-order valence-electron chi connectivity index (χ2n) is 7.78. The van der Waals surface area contributed by atoms with E-state index in [0.717, 1.165) is 47.8 Å². The minimum atomic E-state index is -0.183. The molecule has 0 saturated carbocycles. The Hall–Kier alpha value is -2.72. The van der Waals surface area contributed by atoms with Gasteiger partial charge in [-0.05, 0) is 30.5 Å². The highest BCUT2D eigenvalue weighted by Crippen LogP contribution is 2.35. The lowest BCUT2D eigenvalue weighted by atomic mass is 10.1. The standard InChI is InChI=1S/C22H28N4O5S/c1-29-18-6-5-14(8-19(18)30-2)9-20(27)24-22-16-12-32-13-17(16)25-26(22)11-21(28)23-10-15-4-3-7-31-15/h5-6,8,15H,3-4,7,9-13H2,1-2H3,(H,23,28)(H,24,27). The van der Waals surface area contributed by atoms with Crippen LogP contribution in [0.3, 0.4) is 0 Å². The number of nitrogens with one attached hydrogen (secondary N) is 2. The van der Waals surface area contributed by atoms with Crippen molar-refractivity contribution < 1.29 is 23.8 Å². The van der Waals surface area contributed by atoms with E-state index in [9.17, 15) is 9.59 Å². The third-order valence-electron chi connectivity index (χ3n) is 5.53. The van der Waals surface area contributed by atoms with Crippen molar-refractivity contribution in [3.8, 4) is 11.5 Å². The highest BCUT2D eigenvalue weighted by molar-refractivity contribution is 7.98. The van der Waals surface area contributed by atoms with Gasteiger partial charge in [0.15, 0.2) is 11.5 Å². The van der Waals surface area contributed by atoms with Crippen molar-refractivity contribution in [3.05, 3.63) is 35.0 Å². The molecule has 2 amide bonds. The molecule has 0 aliphatic carbocycles. The number of methoxy groups -OCH3 is 2. The first-order valence-corrected chi connectivity index (χ1v) is 11.8. The molecule has 4 rings (SSSR count). The number of benzene rings is 1. The summed E-state index contributed by atoms with van der Waals surface area (Å²) in [5, 5.41) is 10.5. The summed E-state index contributed by atoms with van der Waals surface area (Å²) in [5.74, 6) is 2.99. The molecule has 0 radical (unpaired) electrons. The zero-order valence-electron chi connectivity index (χ0n) is 18.3. The van der Waals surface area contributed by atoms with Crippen molar-refractivity contribution >= 4 is 29.4 Å². The summed E-state index contributed by atoms with van der Waals surface area (Å²) in [5.41, 5.74) is 2.71. The van der Waals surface area contributed by atoms with Crippen LogP contribution in [0.2, 0.25) is 0 Å². The van der Waals surface area contributed by atoms with Gasteiger partial charge < -0.3 is 24.8 Å². The molecule has 2 aromatic rings. The number of hydrogen-bond donors (Lipinski definition) is 2. The normalized spacial score (nSPS) is 17.1. The molecule has 10 heteroatoms. The Balaban J connectivity index is 1.42. The fraction of sp³-hybridized carbons (Fsp3) is 0.500. The second-order valence-corrected chi connectivity index (χ2v) is 8.76. The summed E-state index contributed by atoms with van der Waals surface area (Å²) in [6, 6.07) is 5.39. The summed E-state index contributed by atoms with van der Waals surface area (Å²) >= 11 is 1.74. The van der Waals surface area contributed by atoms with Crippen LogP contribution in [-0.4, -0.2) is 55.1 Å². The highest BCUT2D eigenvalue weighted by Gasteiger charge is 2.25. The molecular weight excluding hydrogens is 432 g/mol. The quantitative estimate of drug-likeness (QED) is 0.591. The van der Waals surface area contributed by atoms with Gasteiger partial charge in [-0.2, -0.15) is 16.9 Å². The first kappa shape index (κ1) is 22.5. The molecule has 2 aliphatic rings. The van der Waals surface area contributed by atoms with E-state index in [1.807, 2.05) is 6.07 Å². The molecule has 2 N–H and O–H groups in total. The lowest BCUT2D eigenvalue weighted by Gasteiger charge is -2.13. The van der Waals surface area contributed by atoms with Crippen LogP contribution in [0.4, 0.5) is 5.82 Å². The van der Waals surface area contributed by atoms with Gasteiger partial charge in [-0.1, -0.05) is 6.07 Å². The Morgan fingerprint density at radius 3 is 2.81 bits per heavy atom.